The van der Waals surface area contributed by atoms with Crippen molar-refractivity contribution in [3.8, 4) is 16.8 Å². The van der Waals surface area contributed by atoms with Crippen LogP contribution in [0, 0.1) is 0 Å². The highest BCUT2D eigenvalue weighted by Crippen LogP contribution is 2.57. The molecule has 2 nitrogen and oxygen atoms in total. The summed E-state index contributed by atoms with van der Waals surface area (Å²) in [4.78, 5) is 6.43. The number of hydrogen-bond donors (Lipinski definition) is 1. The minimum atomic E-state index is -0.404. The van der Waals surface area contributed by atoms with Crippen LogP contribution < -0.4 is 0 Å². The van der Waals surface area contributed by atoms with Crippen molar-refractivity contribution >= 4 is 55.4 Å². The summed E-state index contributed by atoms with van der Waals surface area (Å²) in [6.07, 6.45) is 0. The number of para-hydroxylation sites is 2. The zero-order valence-electron chi connectivity index (χ0n) is 25.9. The lowest BCUT2D eigenvalue weighted by molar-refractivity contribution is 0.661. The number of aromatic nitrogens is 2. The number of H-pyrrole nitrogens is 1. The molecule has 1 unspecified atom stereocenters. The molecule has 3 heterocycles. The maximum Gasteiger partial charge on any atom is 0.0609 e. The first kappa shape index (κ1) is 26.7. The van der Waals surface area contributed by atoms with Gasteiger partial charge in [0.05, 0.1) is 16.6 Å². The largest absolute Gasteiger partial charge is 0.354 e. The third-order valence-electron chi connectivity index (χ3n) is 10.3. The van der Waals surface area contributed by atoms with Gasteiger partial charge < -0.3 is 9.55 Å². The average molecular weight is 619 g/mol. The summed E-state index contributed by atoms with van der Waals surface area (Å²) in [6, 6.07) is 57.8. The Morgan fingerprint density at radius 3 is 2.02 bits per heavy atom. The van der Waals surface area contributed by atoms with Crippen LogP contribution in [0.15, 0.2) is 168 Å². The molecular weight excluding hydrogens is 589 g/mol. The molecule has 1 aliphatic rings. The fraction of sp³-hybridized carbons (Fsp3) is 0.0455. The topological polar surface area (TPSA) is 20.7 Å². The highest BCUT2D eigenvalue weighted by Gasteiger charge is 2.42. The highest BCUT2D eigenvalue weighted by atomic mass is 32.2. The second-order valence-electron chi connectivity index (χ2n) is 12.7. The summed E-state index contributed by atoms with van der Waals surface area (Å²) < 4.78 is 2.51. The molecule has 0 bridgehead atoms. The van der Waals surface area contributed by atoms with Crippen molar-refractivity contribution in [1.82, 2.24) is 9.55 Å². The Labute approximate surface area is 277 Å². The Hall–Kier alpha value is -5.51. The van der Waals surface area contributed by atoms with Gasteiger partial charge in [-0.2, -0.15) is 0 Å². The van der Waals surface area contributed by atoms with E-state index in [1.807, 2.05) is 11.8 Å². The zero-order valence-corrected chi connectivity index (χ0v) is 26.7. The summed E-state index contributed by atoms with van der Waals surface area (Å²) in [6.45, 7) is 2.44. The van der Waals surface area contributed by atoms with E-state index in [1.54, 1.807) is 0 Å². The van der Waals surface area contributed by atoms with E-state index in [-0.39, 0.29) is 0 Å². The molecule has 3 heteroatoms. The molecule has 1 atom stereocenters. The van der Waals surface area contributed by atoms with Gasteiger partial charge >= 0.3 is 0 Å². The average Bonchev–Trinajstić information content (AvgIpc) is 3.69. The van der Waals surface area contributed by atoms with Crippen molar-refractivity contribution in [2.45, 2.75) is 22.1 Å². The maximum atomic E-state index is 3.81. The molecule has 47 heavy (non-hydrogen) atoms. The smallest absolute Gasteiger partial charge is 0.0609 e. The minimum absolute atomic E-state index is 0.404. The van der Waals surface area contributed by atoms with E-state index < -0.39 is 5.41 Å². The third kappa shape index (κ3) is 3.75. The summed E-state index contributed by atoms with van der Waals surface area (Å²) in [5.74, 6) is 0. The van der Waals surface area contributed by atoms with Gasteiger partial charge in [-0.05, 0) is 59.5 Å². The first-order chi connectivity index (χ1) is 23.2. The molecule has 0 saturated heterocycles. The van der Waals surface area contributed by atoms with E-state index in [0.717, 1.165) is 0 Å². The predicted molar refractivity (Wildman–Crippen MR) is 198 cm³/mol. The SMILES string of the molecule is CC1(c2ccccc2)c2ccc3c([nH]c4ccccc43)c2Sc2ccc3c4ccccc4n(-c4ccc(-c5ccccc5)cc4)c3c21. The normalized spacial score (nSPS) is 15.8. The fourth-order valence-electron chi connectivity index (χ4n) is 8.02. The van der Waals surface area contributed by atoms with Crippen LogP contribution in [0.3, 0.4) is 0 Å². The van der Waals surface area contributed by atoms with E-state index in [9.17, 15) is 0 Å². The zero-order chi connectivity index (χ0) is 31.1. The Bertz CT molecular complexity index is 2650. The second-order valence-corrected chi connectivity index (χ2v) is 13.8. The first-order valence-corrected chi connectivity index (χ1v) is 17.0. The van der Waals surface area contributed by atoms with Crippen molar-refractivity contribution < 1.29 is 0 Å². The molecule has 0 fully saturated rings. The monoisotopic (exact) mass is 618 g/mol. The standard InChI is InChI=1S/C44H30N2S/c1-44(30-14-6-3-7-15-30)36-26-24-34-32-16-8-10-18-37(32)45-41(34)43(36)47-39-27-25-35-33-17-9-11-19-38(33)46(42(35)40(39)44)31-22-20-29(21-23-31)28-12-4-2-5-13-28/h2-27,45H,1H3. The predicted octanol–water partition coefficient (Wildman–Crippen LogP) is 11.9. The lowest BCUT2D eigenvalue weighted by Gasteiger charge is -2.39. The molecule has 1 aliphatic heterocycles. The summed E-state index contributed by atoms with van der Waals surface area (Å²) >= 11 is 1.91. The lowest BCUT2D eigenvalue weighted by atomic mass is 9.70. The van der Waals surface area contributed by atoms with E-state index in [2.05, 4.69) is 174 Å². The molecule has 7 aromatic carbocycles. The van der Waals surface area contributed by atoms with E-state index in [0.29, 0.717) is 0 Å². The molecule has 10 rings (SSSR count). The molecule has 0 spiro atoms. The van der Waals surface area contributed by atoms with Crippen molar-refractivity contribution in [2.75, 3.05) is 0 Å². The van der Waals surface area contributed by atoms with E-state index in [1.165, 1.54) is 86.9 Å². The van der Waals surface area contributed by atoms with Gasteiger partial charge in [-0.25, -0.2) is 0 Å². The first-order valence-electron chi connectivity index (χ1n) is 16.2. The van der Waals surface area contributed by atoms with E-state index >= 15 is 0 Å². The van der Waals surface area contributed by atoms with Crippen LogP contribution in [0.25, 0.3) is 60.4 Å². The minimum Gasteiger partial charge on any atom is -0.354 e. The van der Waals surface area contributed by atoms with Crippen LogP contribution in [0.1, 0.15) is 23.6 Å². The van der Waals surface area contributed by atoms with Gasteiger partial charge in [-0.15, -0.1) is 0 Å². The fourth-order valence-corrected chi connectivity index (χ4v) is 9.42. The maximum absolute atomic E-state index is 3.81. The number of aromatic amines is 1. The molecule has 0 radical (unpaired) electrons. The van der Waals surface area contributed by atoms with Gasteiger partial charge in [0, 0.05) is 53.5 Å². The van der Waals surface area contributed by atoms with Gasteiger partial charge in [-0.3, -0.25) is 0 Å². The van der Waals surface area contributed by atoms with Crippen LogP contribution >= 0.6 is 11.8 Å². The van der Waals surface area contributed by atoms with E-state index in [4.69, 9.17) is 0 Å². The van der Waals surface area contributed by atoms with Gasteiger partial charge in [0.1, 0.15) is 0 Å². The third-order valence-corrected chi connectivity index (χ3v) is 11.5. The Kier molecular flexibility index (Phi) is 5.67. The molecule has 1 N–H and O–H groups in total. The number of rotatable bonds is 3. The van der Waals surface area contributed by atoms with Crippen LogP contribution in [-0.2, 0) is 5.41 Å². The molecule has 0 aliphatic carbocycles. The number of hydrogen-bond acceptors (Lipinski definition) is 1. The van der Waals surface area contributed by atoms with Gasteiger partial charge in [-0.1, -0.05) is 139 Å². The number of fused-ring (bicyclic) bond motifs is 10. The van der Waals surface area contributed by atoms with Crippen molar-refractivity contribution in [3.63, 3.8) is 0 Å². The molecule has 2 aromatic heterocycles. The molecule has 9 aromatic rings. The highest BCUT2D eigenvalue weighted by molar-refractivity contribution is 7.99. The lowest BCUT2D eigenvalue weighted by Crippen LogP contribution is -2.30. The van der Waals surface area contributed by atoms with Crippen LogP contribution in [0.5, 0.6) is 0 Å². The summed E-state index contributed by atoms with van der Waals surface area (Å²) in [5.41, 5.74) is 12.1. The van der Waals surface area contributed by atoms with Gasteiger partial charge in [0.2, 0.25) is 0 Å². The van der Waals surface area contributed by atoms with Gasteiger partial charge in [0.25, 0.3) is 0 Å². The summed E-state index contributed by atoms with van der Waals surface area (Å²) in [5, 5.41) is 5.10. The number of nitrogens with one attached hydrogen (secondary N) is 1. The second kappa shape index (κ2) is 9.99. The van der Waals surface area contributed by atoms with Crippen LogP contribution in [-0.4, -0.2) is 9.55 Å². The molecule has 222 valence electrons. The van der Waals surface area contributed by atoms with Crippen LogP contribution in [0.2, 0.25) is 0 Å². The molecular formula is C44H30N2S. The number of benzene rings is 7. The Morgan fingerprint density at radius 1 is 0.553 bits per heavy atom. The summed E-state index contributed by atoms with van der Waals surface area (Å²) in [7, 11) is 0. The molecule has 0 saturated carbocycles. The van der Waals surface area contributed by atoms with Crippen molar-refractivity contribution in [1.29, 1.82) is 0 Å². The number of nitrogens with zero attached hydrogens (tertiary/aromatic N) is 1. The molecule has 0 amide bonds. The van der Waals surface area contributed by atoms with Crippen molar-refractivity contribution in [3.05, 3.63) is 174 Å². The van der Waals surface area contributed by atoms with Gasteiger partial charge in [0.15, 0.2) is 0 Å². The van der Waals surface area contributed by atoms with Crippen molar-refractivity contribution in [2.24, 2.45) is 0 Å². The Morgan fingerprint density at radius 2 is 1.21 bits per heavy atom. The van der Waals surface area contributed by atoms with Crippen LogP contribution in [0.4, 0.5) is 0 Å². The quantitative estimate of drug-likeness (QED) is 0.209. The Balaban J connectivity index is 1.30.